The number of fused-ring (bicyclic) bond motifs is 3. The lowest BCUT2D eigenvalue weighted by atomic mass is 9.95. The zero-order chi connectivity index (χ0) is 27.6. The molecule has 3 aromatic carbocycles. The van der Waals surface area contributed by atoms with Gasteiger partial charge in [-0.15, -0.1) is 0 Å². The van der Waals surface area contributed by atoms with Crippen LogP contribution in [0, 0.1) is 6.92 Å². The molecule has 3 aromatic rings. The van der Waals surface area contributed by atoms with E-state index in [-0.39, 0.29) is 10.8 Å². The van der Waals surface area contributed by atoms with E-state index in [4.69, 9.17) is 18.4 Å². The number of carbonyl (C=O) groups excluding carboxylic acids is 1. The summed E-state index contributed by atoms with van der Waals surface area (Å²) in [6, 6.07) is 11.7. The van der Waals surface area contributed by atoms with Crippen LogP contribution in [0.15, 0.2) is 58.2 Å². The third-order valence-electron chi connectivity index (χ3n) is 6.39. The molecule has 1 N–H and O–H groups in total. The zero-order valence-electron chi connectivity index (χ0n) is 21.8. The summed E-state index contributed by atoms with van der Waals surface area (Å²) >= 11 is 0. The van der Waals surface area contributed by atoms with Crippen molar-refractivity contribution >= 4 is 16.0 Å². The topological polar surface area (TPSA) is 117 Å². The van der Waals surface area contributed by atoms with Crippen molar-refractivity contribution in [2.75, 3.05) is 21.3 Å². The molecule has 0 heterocycles. The molecule has 0 saturated heterocycles. The van der Waals surface area contributed by atoms with Gasteiger partial charge in [0.25, 0.3) is 0 Å². The highest BCUT2D eigenvalue weighted by Gasteiger charge is 2.30. The van der Waals surface area contributed by atoms with Gasteiger partial charge in [0.15, 0.2) is 17.2 Å². The molecule has 10 heteroatoms. The standard InChI is InChI=1S/C28H29NO8S/c1-16-6-9-19(10-7-16)38(32,33)37-24-15-21-20(11-13-23(24)31)22(29-17(2)30)12-8-18-14-25(34-3)27(35-4)28(36-5)26(18)21/h6-7,9-11,13-15,22H,8,12H2,1-5H3,(H,29,30)/t22-/m0/s1. The van der Waals surface area contributed by atoms with Crippen LogP contribution in [0.2, 0.25) is 0 Å². The average molecular weight is 540 g/mol. The molecule has 1 aliphatic rings. The van der Waals surface area contributed by atoms with Gasteiger partial charge in [-0.25, -0.2) is 0 Å². The lowest BCUT2D eigenvalue weighted by Gasteiger charge is -2.20. The van der Waals surface area contributed by atoms with Crippen LogP contribution in [0.5, 0.6) is 23.0 Å². The summed E-state index contributed by atoms with van der Waals surface area (Å²) < 4.78 is 48.4. The number of nitrogens with one attached hydrogen (secondary N) is 1. The van der Waals surface area contributed by atoms with Gasteiger partial charge < -0.3 is 23.7 Å². The van der Waals surface area contributed by atoms with Crippen LogP contribution in [0.1, 0.15) is 36.1 Å². The van der Waals surface area contributed by atoms with Crippen molar-refractivity contribution in [3.63, 3.8) is 0 Å². The lowest BCUT2D eigenvalue weighted by Crippen LogP contribution is -2.26. The number of amides is 1. The van der Waals surface area contributed by atoms with Crippen molar-refractivity contribution in [1.29, 1.82) is 0 Å². The molecule has 0 aliphatic heterocycles. The number of hydrogen-bond acceptors (Lipinski definition) is 8. The predicted octanol–water partition coefficient (Wildman–Crippen LogP) is 3.94. The van der Waals surface area contributed by atoms with E-state index in [9.17, 15) is 18.0 Å². The second-order valence-electron chi connectivity index (χ2n) is 8.90. The van der Waals surface area contributed by atoms with Crippen molar-refractivity contribution in [2.24, 2.45) is 0 Å². The molecule has 38 heavy (non-hydrogen) atoms. The Morgan fingerprint density at radius 1 is 0.921 bits per heavy atom. The first kappa shape index (κ1) is 27.0. The normalized spacial score (nSPS) is 14.4. The van der Waals surface area contributed by atoms with Crippen LogP contribution in [0.25, 0.3) is 11.1 Å². The smallest absolute Gasteiger partial charge is 0.339 e. The van der Waals surface area contributed by atoms with Gasteiger partial charge in [-0.3, -0.25) is 9.59 Å². The third-order valence-corrected chi connectivity index (χ3v) is 7.64. The van der Waals surface area contributed by atoms with Crippen LogP contribution in [-0.4, -0.2) is 35.7 Å². The third kappa shape index (κ3) is 5.17. The summed E-state index contributed by atoms with van der Waals surface area (Å²) in [4.78, 5) is 25.1. The Morgan fingerprint density at radius 2 is 1.61 bits per heavy atom. The second kappa shape index (κ2) is 10.7. The van der Waals surface area contributed by atoms with E-state index in [1.807, 2.05) is 13.0 Å². The highest BCUT2D eigenvalue weighted by Crippen LogP contribution is 2.50. The minimum atomic E-state index is -4.31. The van der Waals surface area contributed by atoms with Gasteiger partial charge in [-0.05, 0) is 66.8 Å². The average Bonchev–Trinajstić information content (AvgIpc) is 3.12. The number of ether oxygens (including phenoxy) is 3. The van der Waals surface area contributed by atoms with Crippen molar-refractivity contribution in [3.8, 4) is 34.1 Å². The summed E-state index contributed by atoms with van der Waals surface area (Å²) in [5, 5.41) is 2.94. The Balaban J connectivity index is 2.01. The fourth-order valence-corrected chi connectivity index (χ4v) is 5.56. The first-order valence-corrected chi connectivity index (χ1v) is 13.3. The molecule has 0 saturated carbocycles. The summed E-state index contributed by atoms with van der Waals surface area (Å²) in [5.41, 5.74) is 2.69. The molecular weight excluding hydrogens is 510 g/mol. The Labute approximate surface area is 221 Å². The fourth-order valence-electron chi connectivity index (χ4n) is 4.63. The summed E-state index contributed by atoms with van der Waals surface area (Å²) in [6.07, 6.45) is 1.03. The molecule has 1 amide bonds. The molecule has 4 rings (SSSR count). The largest absolute Gasteiger partial charge is 0.493 e. The molecule has 200 valence electrons. The molecular formula is C28H29NO8S. The van der Waals surface area contributed by atoms with Crippen LogP contribution in [0.4, 0.5) is 0 Å². The molecule has 1 atom stereocenters. The molecule has 0 aromatic heterocycles. The maximum atomic E-state index is 13.1. The number of methoxy groups -OCH3 is 3. The van der Waals surface area contributed by atoms with E-state index in [2.05, 4.69) is 5.32 Å². The van der Waals surface area contributed by atoms with Gasteiger partial charge in [0.2, 0.25) is 17.1 Å². The minimum Gasteiger partial charge on any atom is -0.493 e. The highest BCUT2D eigenvalue weighted by molar-refractivity contribution is 7.87. The Morgan fingerprint density at radius 3 is 2.21 bits per heavy atom. The minimum absolute atomic E-state index is 0.0828. The monoisotopic (exact) mass is 539 g/mol. The molecule has 0 radical (unpaired) electrons. The summed E-state index contributed by atoms with van der Waals surface area (Å²) in [7, 11) is 0.162. The molecule has 0 fully saturated rings. The van der Waals surface area contributed by atoms with Gasteiger partial charge in [-0.2, -0.15) is 8.42 Å². The molecule has 0 spiro atoms. The van der Waals surface area contributed by atoms with Crippen LogP contribution < -0.4 is 29.1 Å². The van der Waals surface area contributed by atoms with Gasteiger partial charge in [-0.1, -0.05) is 23.8 Å². The van der Waals surface area contributed by atoms with Crippen molar-refractivity contribution < 1.29 is 31.6 Å². The number of carbonyl (C=O) groups is 1. The Bertz CT molecular complexity index is 1550. The van der Waals surface area contributed by atoms with E-state index >= 15 is 0 Å². The van der Waals surface area contributed by atoms with Gasteiger partial charge in [0.1, 0.15) is 4.90 Å². The first-order valence-electron chi connectivity index (χ1n) is 11.9. The summed E-state index contributed by atoms with van der Waals surface area (Å²) in [5.74, 6) is 0.490. The number of rotatable bonds is 7. The van der Waals surface area contributed by atoms with Gasteiger partial charge >= 0.3 is 10.1 Å². The lowest BCUT2D eigenvalue weighted by molar-refractivity contribution is -0.119. The predicted molar refractivity (Wildman–Crippen MR) is 142 cm³/mol. The maximum absolute atomic E-state index is 13.1. The van der Waals surface area contributed by atoms with Crippen LogP contribution in [0.3, 0.4) is 0 Å². The van der Waals surface area contributed by atoms with Crippen molar-refractivity contribution in [2.45, 2.75) is 37.6 Å². The van der Waals surface area contributed by atoms with E-state index in [1.165, 1.54) is 52.5 Å². The SMILES string of the molecule is COc1cc2c(c(OC)c1OC)-c1cc(OS(=O)(=O)c3ccc(C)cc3)c(=O)ccc1[C@@H](NC(C)=O)CC2. The first-order chi connectivity index (χ1) is 18.1. The maximum Gasteiger partial charge on any atom is 0.339 e. The van der Waals surface area contributed by atoms with Crippen LogP contribution in [-0.2, 0) is 21.3 Å². The number of benzene rings is 2. The fraction of sp³-hybridized carbons (Fsp3) is 0.286. The highest BCUT2D eigenvalue weighted by atomic mass is 32.2. The Kier molecular flexibility index (Phi) is 7.63. The van der Waals surface area contributed by atoms with Gasteiger partial charge in [0.05, 0.1) is 27.4 Å². The van der Waals surface area contributed by atoms with Gasteiger partial charge in [0, 0.05) is 12.5 Å². The molecule has 0 unspecified atom stereocenters. The molecule has 1 aliphatic carbocycles. The Hall–Kier alpha value is -4.05. The molecule has 0 bridgehead atoms. The number of aryl methyl sites for hydroxylation is 2. The van der Waals surface area contributed by atoms with E-state index < -0.39 is 27.3 Å². The van der Waals surface area contributed by atoms with E-state index in [0.717, 1.165) is 11.1 Å². The quantitative estimate of drug-likeness (QED) is 0.449. The van der Waals surface area contributed by atoms with Crippen molar-refractivity contribution in [1.82, 2.24) is 5.32 Å². The molecule has 9 nitrogen and oxygen atoms in total. The number of hydrogen-bond donors (Lipinski definition) is 1. The van der Waals surface area contributed by atoms with E-state index in [1.54, 1.807) is 18.2 Å². The van der Waals surface area contributed by atoms with Crippen LogP contribution >= 0.6 is 0 Å². The second-order valence-corrected chi connectivity index (χ2v) is 10.4. The van der Waals surface area contributed by atoms with E-state index in [0.29, 0.717) is 46.8 Å². The van der Waals surface area contributed by atoms with Crippen molar-refractivity contribution in [3.05, 3.63) is 75.4 Å². The zero-order valence-corrected chi connectivity index (χ0v) is 22.6. The summed E-state index contributed by atoms with van der Waals surface area (Å²) in [6.45, 7) is 3.24.